The van der Waals surface area contributed by atoms with Gasteiger partial charge in [-0.2, -0.15) is 0 Å². The number of pyridine rings is 1. The predicted molar refractivity (Wildman–Crippen MR) is 98.7 cm³/mol. The molecule has 0 saturated heterocycles. The Morgan fingerprint density at radius 2 is 2.08 bits per heavy atom. The quantitative estimate of drug-likeness (QED) is 0.721. The van der Waals surface area contributed by atoms with Crippen molar-refractivity contribution in [3.63, 3.8) is 0 Å². The highest BCUT2D eigenvalue weighted by atomic mass is 79.9. The standard InChI is InChI=1S/C18H18BrN3O3/c1-11-2-6-15(14(19)8-11)22-17(23)10-25-18(24)12-3-7-16(20-9-12)21-13-4-5-13/h2-3,6-9,13H,4-5,10H2,1H3,(H,20,21)(H,22,23). The fourth-order valence-electron chi connectivity index (χ4n) is 2.16. The molecular weight excluding hydrogens is 386 g/mol. The Kier molecular flexibility index (Phi) is 5.33. The molecule has 6 nitrogen and oxygen atoms in total. The number of aryl methyl sites for hydroxylation is 1. The van der Waals surface area contributed by atoms with Gasteiger partial charge in [-0.15, -0.1) is 0 Å². The van der Waals surface area contributed by atoms with E-state index in [4.69, 9.17) is 4.74 Å². The normalized spacial score (nSPS) is 13.2. The first kappa shape index (κ1) is 17.4. The molecule has 7 heteroatoms. The summed E-state index contributed by atoms with van der Waals surface area (Å²) in [4.78, 5) is 28.1. The summed E-state index contributed by atoms with van der Waals surface area (Å²) < 4.78 is 5.81. The van der Waals surface area contributed by atoms with Crippen LogP contribution in [0.1, 0.15) is 28.8 Å². The number of nitrogens with one attached hydrogen (secondary N) is 2. The van der Waals surface area contributed by atoms with Crippen LogP contribution in [0.15, 0.2) is 41.0 Å². The number of ether oxygens (including phenoxy) is 1. The molecule has 1 saturated carbocycles. The molecule has 1 aromatic heterocycles. The lowest BCUT2D eigenvalue weighted by molar-refractivity contribution is -0.119. The van der Waals surface area contributed by atoms with E-state index in [0.717, 1.165) is 28.7 Å². The second-order valence-corrected chi connectivity index (χ2v) is 6.81. The van der Waals surface area contributed by atoms with Crippen molar-refractivity contribution in [3.8, 4) is 0 Å². The summed E-state index contributed by atoms with van der Waals surface area (Å²) in [6, 6.07) is 9.43. The average molecular weight is 404 g/mol. The number of aromatic nitrogens is 1. The summed E-state index contributed by atoms with van der Waals surface area (Å²) in [6.07, 6.45) is 3.75. The van der Waals surface area contributed by atoms with E-state index in [9.17, 15) is 9.59 Å². The van der Waals surface area contributed by atoms with Crippen LogP contribution in [0, 0.1) is 6.92 Å². The summed E-state index contributed by atoms with van der Waals surface area (Å²) in [5, 5.41) is 5.93. The molecule has 1 heterocycles. The third-order valence-electron chi connectivity index (χ3n) is 3.66. The van der Waals surface area contributed by atoms with E-state index in [1.54, 1.807) is 18.2 Å². The number of carbonyl (C=O) groups excluding carboxylic acids is 2. The van der Waals surface area contributed by atoms with Gasteiger partial charge in [-0.3, -0.25) is 4.79 Å². The van der Waals surface area contributed by atoms with Gasteiger partial charge >= 0.3 is 5.97 Å². The molecular formula is C18H18BrN3O3. The van der Waals surface area contributed by atoms with Gasteiger partial charge in [0.1, 0.15) is 5.82 Å². The molecule has 130 valence electrons. The summed E-state index contributed by atoms with van der Waals surface area (Å²) in [5.74, 6) is -0.248. The number of hydrogen-bond acceptors (Lipinski definition) is 5. The fraction of sp³-hybridized carbons (Fsp3) is 0.278. The molecule has 0 bridgehead atoms. The number of nitrogens with zero attached hydrogens (tertiary/aromatic N) is 1. The van der Waals surface area contributed by atoms with E-state index in [-0.39, 0.29) is 6.61 Å². The molecule has 25 heavy (non-hydrogen) atoms. The number of halogens is 1. The monoisotopic (exact) mass is 403 g/mol. The predicted octanol–water partition coefficient (Wildman–Crippen LogP) is 3.52. The minimum Gasteiger partial charge on any atom is -0.452 e. The largest absolute Gasteiger partial charge is 0.452 e. The Morgan fingerprint density at radius 3 is 2.72 bits per heavy atom. The summed E-state index contributed by atoms with van der Waals surface area (Å²) in [5.41, 5.74) is 2.01. The zero-order valence-corrected chi connectivity index (χ0v) is 15.3. The van der Waals surface area contributed by atoms with Crippen LogP contribution >= 0.6 is 15.9 Å². The van der Waals surface area contributed by atoms with Crippen molar-refractivity contribution >= 4 is 39.3 Å². The Labute approximate surface area is 154 Å². The van der Waals surface area contributed by atoms with Crippen LogP contribution in [0.25, 0.3) is 0 Å². The maximum absolute atomic E-state index is 12.0. The van der Waals surface area contributed by atoms with Crippen LogP contribution in [0.2, 0.25) is 0 Å². The smallest absolute Gasteiger partial charge is 0.340 e. The van der Waals surface area contributed by atoms with Gasteiger partial charge in [-0.05, 0) is 65.5 Å². The Bertz CT molecular complexity index is 789. The molecule has 0 spiro atoms. The molecule has 1 aliphatic carbocycles. The van der Waals surface area contributed by atoms with E-state index < -0.39 is 11.9 Å². The fourth-order valence-corrected chi connectivity index (χ4v) is 2.75. The molecule has 0 atom stereocenters. The number of hydrogen-bond donors (Lipinski definition) is 2. The third kappa shape index (κ3) is 5.03. The second kappa shape index (κ2) is 7.65. The van der Waals surface area contributed by atoms with E-state index in [1.807, 2.05) is 19.1 Å². The van der Waals surface area contributed by atoms with Gasteiger partial charge in [0, 0.05) is 16.7 Å². The van der Waals surface area contributed by atoms with E-state index in [2.05, 4.69) is 31.5 Å². The van der Waals surface area contributed by atoms with Gasteiger partial charge < -0.3 is 15.4 Å². The van der Waals surface area contributed by atoms with E-state index >= 15 is 0 Å². The van der Waals surface area contributed by atoms with Crippen LogP contribution in [-0.2, 0) is 9.53 Å². The van der Waals surface area contributed by atoms with Crippen LogP contribution < -0.4 is 10.6 Å². The first-order valence-electron chi connectivity index (χ1n) is 7.97. The molecule has 1 amide bonds. The highest BCUT2D eigenvalue weighted by Crippen LogP contribution is 2.24. The van der Waals surface area contributed by atoms with Gasteiger partial charge in [0.2, 0.25) is 0 Å². The van der Waals surface area contributed by atoms with Gasteiger partial charge in [0.05, 0.1) is 11.3 Å². The molecule has 1 aliphatic rings. The Morgan fingerprint density at radius 1 is 1.28 bits per heavy atom. The maximum Gasteiger partial charge on any atom is 0.340 e. The average Bonchev–Trinajstić information content (AvgIpc) is 3.40. The van der Waals surface area contributed by atoms with E-state index in [1.165, 1.54) is 6.20 Å². The minimum absolute atomic E-state index is 0.311. The zero-order chi connectivity index (χ0) is 17.8. The maximum atomic E-state index is 12.0. The molecule has 1 fully saturated rings. The highest BCUT2D eigenvalue weighted by molar-refractivity contribution is 9.10. The van der Waals surface area contributed by atoms with Crippen molar-refractivity contribution in [2.75, 3.05) is 17.2 Å². The Balaban J connectivity index is 1.49. The third-order valence-corrected chi connectivity index (χ3v) is 4.32. The number of benzene rings is 1. The second-order valence-electron chi connectivity index (χ2n) is 5.96. The lowest BCUT2D eigenvalue weighted by atomic mass is 10.2. The van der Waals surface area contributed by atoms with Crippen molar-refractivity contribution in [2.45, 2.75) is 25.8 Å². The lowest BCUT2D eigenvalue weighted by Crippen LogP contribution is -2.21. The van der Waals surface area contributed by atoms with Crippen LogP contribution in [0.5, 0.6) is 0 Å². The Hall–Kier alpha value is -2.41. The van der Waals surface area contributed by atoms with Crippen molar-refractivity contribution in [1.29, 1.82) is 0 Å². The molecule has 0 radical (unpaired) electrons. The van der Waals surface area contributed by atoms with Crippen LogP contribution in [0.4, 0.5) is 11.5 Å². The van der Waals surface area contributed by atoms with Crippen LogP contribution in [-0.4, -0.2) is 29.5 Å². The SMILES string of the molecule is Cc1ccc(NC(=O)COC(=O)c2ccc(NC3CC3)nc2)c(Br)c1. The molecule has 1 aromatic carbocycles. The number of rotatable bonds is 6. The summed E-state index contributed by atoms with van der Waals surface area (Å²) in [7, 11) is 0. The minimum atomic E-state index is -0.580. The first-order chi connectivity index (χ1) is 12.0. The van der Waals surface area contributed by atoms with Gasteiger partial charge in [0.25, 0.3) is 5.91 Å². The molecule has 0 unspecified atom stereocenters. The summed E-state index contributed by atoms with van der Waals surface area (Å²) in [6.45, 7) is 1.60. The van der Waals surface area contributed by atoms with E-state index in [0.29, 0.717) is 17.3 Å². The number of esters is 1. The van der Waals surface area contributed by atoms with Crippen molar-refractivity contribution in [1.82, 2.24) is 4.98 Å². The topological polar surface area (TPSA) is 80.3 Å². The lowest BCUT2D eigenvalue weighted by Gasteiger charge is -2.09. The van der Waals surface area contributed by atoms with Gasteiger partial charge in [-0.1, -0.05) is 6.07 Å². The number of carbonyl (C=O) groups is 2. The first-order valence-corrected chi connectivity index (χ1v) is 8.76. The molecule has 2 N–H and O–H groups in total. The molecule has 3 rings (SSSR count). The van der Waals surface area contributed by atoms with Crippen LogP contribution in [0.3, 0.4) is 0 Å². The summed E-state index contributed by atoms with van der Waals surface area (Å²) >= 11 is 3.38. The number of anilines is 2. The number of amides is 1. The molecule has 2 aromatic rings. The zero-order valence-electron chi connectivity index (χ0n) is 13.7. The highest BCUT2D eigenvalue weighted by Gasteiger charge is 2.21. The van der Waals surface area contributed by atoms with Crippen molar-refractivity contribution in [2.24, 2.45) is 0 Å². The molecule has 0 aliphatic heterocycles. The van der Waals surface area contributed by atoms with Gasteiger partial charge in [0.15, 0.2) is 6.61 Å². The van der Waals surface area contributed by atoms with Crippen molar-refractivity contribution in [3.05, 3.63) is 52.1 Å². The van der Waals surface area contributed by atoms with Gasteiger partial charge in [-0.25, -0.2) is 9.78 Å². The van der Waals surface area contributed by atoms with Crippen molar-refractivity contribution < 1.29 is 14.3 Å².